The highest BCUT2D eigenvalue weighted by Gasteiger charge is 2.00. The standard InChI is InChI=1S/C15H23N/c1-7-9-12(3)11-16-15(6)10-14(5)13(4)8-2/h7-10,14,16H,2-4,11H2,1,5-6H3/b9-7-,15-10+. The first-order valence-corrected chi connectivity index (χ1v) is 5.55. The Morgan fingerprint density at radius 3 is 2.50 bits per heavy atom. The fourth-order valence-electron chi connectivity index (χ4n) is 1.27. The predicted molar refractivity (Wildman–Crippen MR) is 74.2 cm³/mol. The van der Waals surface area contributed by atoms with Crippen molar-refractivity contribution in [1.82, 2.24) is 5.32 Å². The zero-order chi connectivity index (χ0) is 12.6. The molecule has 1 heteroatoms. The number of hydrogen-bond donors (Lipinski definition) is 1. The molecule has 0 radical (unpaired) electrons. The van der Waals surface area contributed by atoms with Gasteiger partial charge in [-0.15, -0.1) is 0 Å². The van der Waals surface area contributed by atoms with Gasteiger partial charge in [0.25, 0.3) is 0 Å². The molecule has 1 atom stereocenters. The van der Waals surface area contributed by atoms with E-state index in [4.69, 9.17) is 0 Å². The van der Waals surface area contributed by atoms with Crippen LogP contribution in [0.1, 0.15) is 20.8 Å². The minimum Gasteiger partial charge on any atom is -0.385 e. The van der Waals surface area contributed by atoms with Crippen LogP contribution in [0.2, 0.25) is 0 Å². The molecule has 1 nitrogen and oxygen atoms in total. The molecule has 88 valence electrons. The van der Waals surface area contributed by atoms with E-state index in [0.29, 0.717) is 5.92 Å². The first-order valence-electron chi connectivity index (χ1n) is 5.55. The summed E-state index contributed by atoms with van der Waals surface area (Å²) in [4.78, 5) is 0. The zero-order valence-corrected chi connectivity index (χ0v) is 10.7. The molecular formula is C15H23N. The van der Waals surface area contributed by atoms with E-state index >= 15 is 0 Å². The lowest BCUT2D eigenvalue weighted by Gasteiger charge is -2.11. The maximum atomic E-state index is 3.94. The van der Waals surface area contributed by atoms with Crippen molar-refractivity contribution in [3.63, 3.8) is 0 Å². The van der Waals surface area contributed by atoms with Crippen LogP contribution in [0.25, 0.3) is 0 Å². The van der Waals surface area contributed by atoms with Crippen LogP contribution >= 0.6 is 0 Å². The molecule has 0 aliphatic heterocycles. The van der Waals surface area contributed by atoms with Gasteiger partial charge in [0.05, 0.1) is 0 Å². The van der Waals surface area contributed by atoms with Gasteiger partial charge >= 0.3 is 0 Å². The SMILES string of the molecule is C=CC(=C)C(C)/C=C(\C)NCC(=C)/C=C\C. The van der Waals surface area contributed by atoms with Gasteiger partial charge in [-0.25, -0.2) is 0 Å². The first-order chi connectivity index (χ1) is 7.51. The summed E-state index contributed by atoms with van der Waals surface area (Å²) < 4.78 is 0. The molecule has 0 aliphatic carbocycles. The van der Waals surface area contributed by atoms with Crippen LogP contribution in [-0.2, 0) is 0 Å². The average molecular weight is 217 g/mol. The molecule has 0 heterocycles. The summed E-state index contributed by atoms with van der Waals surface area (Å²) in [6.07, 6.45) is 7.94. The predicted octanol–water partition coefficient (Wildman–Crippen LogP) is 3.99. The van der Waals surface area contributed by atoms with E-state index in [-0.39, 0.29) is 0 Å². The lowest BCUT2D eigenvalue weighted by atomic mass is 10.0. The van der Waals surface area contributed by atoms with Crippen LogP contribution in [0.5, 0.6) is 0 Å². The maximum absolute atomic E-state index is 3.94. The highest BCUT2D eigenvalue weighted by Crippen LogP contribution is 2.11. The Bertz CT molecular complexity index is 318. The first kappa shape index (κ1) is 14.5. The fraction of sp³-hybridized carbons (Fsp3) is 0.333. The van der Waals surface area contributed by atoms with Gasteiger partial charge in [-0.2, -0.15) is 0 Å². The summed E-state index contributed by atoms with van der Waals surface area (Å²) in [5, 5.41) is 3.31. The van der Waals surface area contributed by atoms with E-state index in [1.165, 1.54) is 0 Å². The van der Waals surface area contributed by atoms with E-state index < -0.39 is 0 Å². The molecule has 0 saturated heterocycles. The van der Waals surface area contributed by atoms with E-state index in [0.717, 1.165) is 23.4 Å². The molecule has 0 aliphatic rings. The molecule has 0 rings (SSSR count). The molecule has 0 amide bonds. The molecular weight excluding hydrogens is 194 g/mol. The van der Waals surface area contributed by atoms with E-state index in [2.05, 4.69) is 45.0 Å². The van der Waals surface area contributed by atoms with Crippen molar-refractivity contribution in [2.24, 2.45) is 5.92 Å². The molecule has 0 saturated carbocycles. The molecule has 1 N–H and O–H groups in total. The molecule has 16 heavy (non-hydrogen) atoms. The molecule has 0 aromatic carbocycles. The van der Waals surface area contributed by atoms with Gasteiger partial charge in [-0.1, -0.05) is 51.0 Å². The zero-order valence-electron chi connectivity index (χ0n) is 10.7. The lowest BCUT2D eigenvalue weighted by molar-refractivity contribution is 0.823. The Kier molecular flexibility index (Phi) is 7.02. The van der Waals surface area contributed by atoms with E-state index in [1.54, 1.807) is 6.08 Å². The summed E-state index contributed by atoms with van der Waals surface area (Å²) in [6, 6.07) is 0. The third kappa shape index (κ3) is 6.07. The summed E-state index contributed by atoms with van der Waals surface area (Å²) in [5.74, 6) is 0.319. The van der Waals surface area contributed by atoms with Crippen molar-refractivity contribution < 1.29 is 0 Å². The van der Waals surface area contributed by atoms with Crippen molar-refractivity contribution in [2.75, 3.05) is 6.54 Å². The Morgan fingerprint density at radius 2 is 2.00 bits per heavy atom. The topological polar surface area (TPSA) is 12.0 Å². The number of allylic oxidation sites excluding steroid dienone is 5. The van der Waals surface area contributed by atoms with Gasteiger partial charge in [-0.05, 0) is 25.0 Å². The lowest BCUT2D eigenvalue weighted by Crippen LogP contribution is -2.14. The average Bonchev–Trinajstić information content (AvgIpc) is 2.25. The Hall–Kier alpha value is -1.50. The second-order valence-electron chi connectivity index (χ2n) is 3.93. The molecule has 0 bridgehead atoms. The van der Waals surface area contributed by atoms with Gasteiger partial charge in [0, 0.05) is 18.2 Å². The van der Waals surface area contributed by atoms with Gasteiger partial charge in [0.2, 0.25) is 0 Å². The third-order valence-corrected chi connectivity index (χ3v) is 2.34. The van der Waals surface area contributed by atoms with Gasteiger partial charge in [0.15, 0.2) is 0 Å². The van der Waals surface area contributed by atoms with Crippen molar-refractivity contribution >= 4 is 0 Å². The second kappa shape index (κ2) is 7.75. The monoisotopic (exact) mass is 217 g/mol. The Balaban J connectivity index is 4.19. The smallest absolute Gasteiger partial charge is 0.0391 e. The quantitative estimate of drug-likeness (QED) is 0.636. The van der Waals surface area contributed by atoms with Gasteiger partial charge in [-0.3, -0.25) is 0 Å². The van der Waals surface area contributed by atoms with Crippen LogP contribution in [0.15, 0.2) is 60.9 Å². The minimum absolute atomic E-state index is 0.319. The Morgan fingerprint density at radius 1 is 1.38 bits per heavy atom. The Labute approximate surface area is 100.0 Å². The summed E-state index contributed by atoms with van der Waals surface area (Å²) in [7, 11) is 0. The van der Waals surface area contributed by atoms with Crippen LogP contribution in [0.4, 0.5) is 0 Å². The number of hydrogen-bond acceptors (Lipinski definition) is 1. The van der Waals surface area contributed by atoms with Crippen molar-refractivity contribution in [1.29, 1.82) is 0 Å². The fourth-order valence-corrected chi connectivity index (χ4v) is 1.27. The molecule has 0 aromatic rings. The number of nitrogens with one attached hydrogen (secondary N) is 1. The summed E-state index contributed by atoms with van der Waals surface area (Å²) >= 11 is 0. The highest BCUT2D eigenvalue weighted by atomic mass is 14.9. The van der Waals surface area contributed by atoms with Gasteiger partial charge in [0.1, 0.15) is 0 Å². The second-order valence-corrected chi connectivity index (χ2v) is 3.93. The van der Waals surface area contributed by atoms with Crippen molar-refractivity contribution in [3.8, 4) is 0 Å². The molecule has 1 unspecified atom stereocenters. The van der Waals surface area contributed by atoms with Crippen LogP contribution < -0.4 is 5.32 Å². The van der Waals surface area contributed by atoms with Gasteiger partial charge < -0.3 is 5.32 Å². The number of rotatable bonds is 7. The van der Waals surface area contributed by atoms with Crippen LogP contribution in [0.3, 0.4) is 0 Å². The highest BCUT2D eigenvalue weighted by molar-refractivity contribution is 5.22. The molecule has 0 spiro atoms. The van der Waals surface area contributed by atoms with Crippen LogP contribution in [0, 0.1) is 5.92 Å². The van der Waals surface area contributed by atoms with E-state index in [9.17, 15) is 0 Å². The maximum Gasteiger partial charge on any atom is 0.0391 e. The third-order valence-electron chi connectivity index (χ3n) is 2.34. The summed E-state index contributed by atoms with van der Waals surface area (Å²) in [6.45, 7) is 18.5. The normalized spacial score (nSPS) is 13.6. The van der Waals surface area contributed by atoms with Crippen LogP contribution in [-0.4, -0.2) is 6.54 Å². The summed E-state index contributed by atoms with van der Waals surface area (Å²) in [5.41, 5.74) is 3.25. The molecule has 0 fully saturated rings. The molecule has 0 aromatic heterocycles. The minimum atomic E-state index is 0.319. The largest absolute Gasteiger partial charge is 0.385 e. The van der Waals surface area contributed by atoms with E-state index in [1.807, 2.05) is 19.1 Å². The van der Waals surface area contributed by atoms with Crippen molar-refractivity contribution in [2.45, 2.75) is 20.8 Å². The van der Waals surface area contributed by atoms with Crippen molar-refractivity contribution in [3.05, 3.63) is 60.9 Å².